The van der Waals surface area contributed by atoms with Crippen LogP contribution >= 0.6 is 7.37 Å². The minimum atomic E-state index is -3.28. The van der Waals surface area contributed by atoms with E-state index in [9.17, 15) is 4.57 Å². The van der Waals surface area contributed by atoms with Gasteiger partial charge in [0.1, 0.15) is 11.9 Å². The summed E-state index contributed by atoms with van der Waals surface area (Å²) in [5.74, 6) is 1.31. The summed E-state index contributed by atoms with van der Waals surface area (Å²) in [6.45, 7) is 0. The van der Waals surface area contributed by atoms with Gasteiger partial charge in [0.15, 0.2) is 0 Å². The van der Waals surface area contributed by atoms with Gasteiger partial charge in [0, 0.05) is 5.82 Å². The third kappa shape index (κ3) is 4.77. The number of rotatable bonds is 5. The van der Waals surface area contributed by atoms with E-state index >= 15 is 0 Å². The van der Waals surface area contributed by atoms with Crippen molar-refractivity contribution in [3.8, 4) is 0 Å². The largest absolute Gasteiger partial charge is 0.314 e. The molecular weight excluding hydrogens is 425 g/mol. The van der Waals surface area contributed by atoms with Gasteiger partial charge in [-0.3, -0.25) is 9.88 Å². The molecule has 0 aliphatic carbocycles. The number of nitrogens with one attached hydrogen (secondary N) is 1. The van der Waals surface area contributed by atoms with Gasteiger partial charge in [-0.15, -0.1) is 0 Å². The molecule has 4 aromatic carbocycles. The van der Waals surface area contributed by atoms with E-state index in [-0.39, 0.29) is 12.1 Å². The average Bonchev–Trinajstić information content (AvgIpc) is 2.89. The van der Waals surface area contributed by atoms with Crippen LogP contribution in [0.1, 0.15) is 40.2 Å². The predicted octanol–water partition coefficient (Wildman–Crippen LogP) is 7.74. The molecule has 1 unspecified atom stereocenters. The summed E-state index contributed by atoms with van der Waals surface area (Å²) in [7, 11) is -3.28. The van der Waals surface area contributed by atoms with E-state index in [1.807, 2.05) is 115 Å². The lowest BCUT2D eigenvalue weighted by Crippen LogP contribution is -2.36. The van der Waals surface area contributed by atoms with Crippen LogP contribution in [-0.4, -0.2) is 0 Å². The minimum Gasteiger partial charge on any atom is -0.314 e. The van der Waals surface area contributed by atoms with Gasteiger partial charge in [0.2, 0.25) is 7.37 Å². The van der Waals surface area contributed by atoms with Gasteiger partial charge in [0.25, 0.3) is 0 Å². The van der Waals surface area contributed by atoms with E-state index in [2.05, 4.69) is 17.4 Å². The Kier molecular flexibility index (Phi) is 6.37. The quantitative estimate of drug-likeness (QED) is 0.316. The average molecular weight is 452 g/mol. The van der Waals surface area contributed by atoms with Crippen molar-refractivity contribution < 1.29 is 9.09 Å². The SMILES string of the molecule is O=P1(/C=C/c2ccccc2)O[C@H](c2ccccc2)[C@H](c2ccccc2)N[C@H]1c1ccccc1. The first kappa shape index (κ1) is 21.6. The van der Waals surface area contributed by atoms with Crippen LogP contribution in [-0.2, 0) is 9.09 Å². The van der Waals surface area contributed by atoms with Crippen molar-refractivity contribution in [3.05, 3.63) is 149 Å². The number of hydrogen-bond donors (Lipinski definition) is 1. The van der Waals surface area contributed by atoms with Gasteiger partial charge in [-0.05, 0) is 28.3 Å². The second kappa shape index (κ2) is 9.72. The molecule has 4 heteroatoms. The first-order chi connectivity index (χ1) is 16.2. The van der Waals surface area contributed by atoms with Crippen LogP contribution in [0, 0.1) is 0 Å². The Balaban J connectivity index is 1.61. The fourth-order valence-electron chi connectivity index (χ4n) is 4.30. The number of hydrogen-bond acceptors (Lipinski definition) is 3. The Bertz CT molecular complexity index is 1240. The van der Waals surface area contributed by atoms with Crippen LogP contribution in [0.25, 0.3) is 6.08 Å². The Hall–Kier alpha value is -3.23. The highest BCUT2D eigenvalue weighted by molar-refractivity contribution is 7.62. The summed E-state index contributed by atoms with van der Waals surface area (Å²) in [5, 5.41) is 3.72. The van der Waals surface area contributed by atoms with Gasteiger partial charge < -0.3 is 4.52 Å². The minimum absolute atomic E-state index is 0.147. The summed E-state index contributed by atoms with van der Waals surface area (Å²) >= 11 is 0. The Morgan fingerprint density at radius 3 is 1.70 bits per heavy atom. The van der Waals surface area contributed by atoms with Gasteiger partial charge in [-0.1, -0.05) is 121 Å². The number of benzene rings is 4. The molecule has 1 N–H and O–H groups in total. The van der Waals surface area contributed by atoms with E-state index in [1.54, 1.807) is 5.82 Å². The van der Waals surface area contributed by atoms with Crippen LogP contribution in [0.15, 0.2) is 127 Å². The maximum atomic E-state index is 14.5. The lowest BCUT2D eigenvalue weighted by Gasteiger charge is -2.42. The summed E-state index contributed by atoms with van der Waals surface area (Å²) in [6.07, 6.45) is 1.52. The van der Waals surface area contributed by atoms with Crippen molar-refractivity contribution in [2.45, 2.75) is 17.9 Å². The lowest BCUT2D eigenvalue weighted by atomic mass is 9.95. The molecule has 1 fully saturated rings. The predicted molar refractivity (Wildman–Crippen MR) is 135 cm³/mol. The standard InChI is InChI=1S/C29H26NO2P/c31-33(22-21-23-13-5-1-6-14-23)29(26-19-11-4-12-20-26)30-27(24-15-7-2-8-16-24)28(32-33)25-17-9-3-10-18-25/h1-22,27-30H/b22-21+/t27-,28+,29+,33?/m0/s1. The maximum Gasteiger partial charge on any atom is 0.246 e. The zero-order valence-corrected chi connectivity index (χ0v) is 19.1. The fraction of sp³-hybridized carbons (Fsp3) is 0.103. The summed E-state index contributed by atoms with van der Waals surface area (Å²) in [5.41, 5.74) is 4.04. The van der Waals surface area contributed by atoms with Crippen LogP contribution in [0.4, 0.5) is 0 Å². The second-order valence-electron chi connectivity index (χ2n) is 8.18. The highest BCUT2D eigenvalue weighted by Crippen LogP contribution is 2.67. The Morgan fingerprint density at radius 2 is 1.12 bits per heavy atom. The molecule has 164 valence electrons. The molecule has 1 heterocycles. The monoisotopic (exact) mass is 451 g/mol. The van der Waals surface area contributed by atoms with Crippen molar-refractivity contribution in [3.63, 3.8) is 0 Å². The van der Waals surface area contributed by atoms with E-state index in [4.69, 9.17) is 4.52 Å². The molecule has 5 rings (SSSR count). The van der Waals surface area contributed by atoms with Gasteiger partial charge >= 0.3 is 0 Å². The Morgan fingerprint density at radius 1 is 0.636 bits per heavy atom. The van der Waals surface area contributed by atoms with E-state index in [0.29, 0.717) is 0 Å². The Labute approximate surface area is 195 Å². The van der Waals surface area contributed by atoms with Gasteiger partial charge in [-0.25, -0.2) is 0 Å². The molecule has 1 aliphatic heterocycles. The molecule has 0 bridgehead atoms. The summed E-state index contributed by atoms with van der Waals surface area (Å²) < 4.78 is 21.1. The molecule has 1 saturated heterocycles. The van der Waals surface area contributed by atoms with Crippen molar-refractivity contribution in [2.75, 3.05) is 0 Å². The summed E-state index contributed by atoms with van der Waals surface area (Å²) in [4.78, 5) is 0. The third-order valence-corrected chi connectivity index (χ3v) is 8.24. The molecule has 4 atom stereocenters. The smallest absolute Gasteiger partial charge is 0.246 e. The van der Waals surface area contributed by atoms with E-state index in [1.165, 1.54) is 0 Å². The molecule has 1 aliphatic rings. The van der Waals surface area contributed by atoms with E-state index in [0.717, 1.165) is 22.3 Å². The summed E-state index contributed by atoms with van der Waals surface area (Å²) in [6, 6.07) is 40.0. The lowest BCUT2D eigenvalue weighted by molar-refractivity contribution is 0.126. The van der Waals surface area contributed by atoms with Crippen molar-refractivity contribution in [2.24, 2.45) is 0 Å². The zero-order chi connectivity index (χ0) is 22.5. The van der Waals surface area contributed by atoms with Crippen molar-refractivity contribution in [1.29, 1.82) is 0 Å². The molecule has 3 nitrogen and oxygen atoms in total. The van der Waals surface area contributed by atoms with Crippen molar-refractivity contribution >= 4 is 13.4 Å². The molecule has 33 heavy (non-hydrogen) atoms. The maximum absolute atomic E-state index is 14.5. The topological polar surface area (TPSA) is 38.3 Å². The molecular formula is C29H26NO2P. The highest BCUT2D eigenvalue weighted by atomic mass is 31.2. The normalized spacial score (nSPS) is 25.2. The second-order valence-corrected chi connectivity index (χ2v) is 10.5. The van der Waals surface area contributed by atoms with Crippen molar-refractivity contribution in [1.82, 2.24) is 5.32 Å². The first-order valence-corrected chi connectivity index (χ1v) is 12.9. The molecule has 0 saturated carbocycles. The van der Waals surface area contributed by atoms with Crippen LogP contribution in [0.3, 0.4) is 0 Å². The molecule has 0 radical (unpaired) electrons. The van der Waals surface area contributed by atoms with Gasteiger partial charge in [-0.2, -0.15) is 0 Å². The van der Waals surface area contributed by atoms with Crippen LogP contribution in [0.5, 0.6) is 0 Å². The third-order valence-electron chi connectivity index (χ3n) is 5.95. The highest BCUT2D eigenvalue weighted by Gasteiger charge is 2.45. The zero-order valence-electron chi connectivity index (χ0n) is 18.2. The van der Waals surface area contributed by atoms with Crippen LogP contribution < -0.4 is 5.32 Å². The van der Waals surface area contributed by atoms with Crippen LogP contribution in [0.2, 0.25) is 0 Å². The first-order valence-electron chi connectivity index (χ1n) is 11.2. The fourth-order valence-corrected chi connectivity index (χ4v) is 6.60. The molecule has 0 amide bonds. The van der Waals surface area contributed by atoms with E-state index < -0.39 is 13.2 Å². The molecule has 0 aromatic heterocycles. The molecule has 4 aromatic rings. The van der Waals surface area contributed by atoms with Gasteiger partial charge in [0.05, 0.1) is 6.04 Å². The molecule has 0 spiro atoms.